The lowest BCUT2D eigenvalue weighted by Crippen LogP contribution is -2.59. The molecule has 5 rings (SSSR count). The number of methoxy groups -OCH3 is 2. The molecule has 13 heteroatoms. The Hall–Kier alpha value is -0.370. The standard InChI is InChI=1S/C25H42Cl2N6O4S/c1-12-6-13(14-7-20(27)30-9-18(14)36-2)15(8-29-12)23(34)32-25-31-17-10-33(11-19(17)38-25)24(35)21-22(37-3)16(26)4-5-28-21/h12-22,25,28-31H,4-11H2,1-3H3,(H,32,34). The first kappa shape index (κ1) is 29.1. The summed E-state index contributed by atoms with van der Waals surface area (Å²) in [5, 5.41) is 17.0. The van der Waals surface area contributed by atoms with Crippen molar-refractivity contribution in [1.82, 2.24) is 31.5 Å². The number of nitrogens with one attached hydrogen (secondary N) is 5. The van der Waals surface area contributed by atoms with Gasteiger partial charge in [-0.05, 0) is 44.6 Å². The highest BCUT2D eigenvalue weighted by Gasteiger charge is 2.48. The van der Waals surface area contributed by atoms with Gasteiger partial charge in [0.15, 0.2) is 0 Å². The second kappa shape index (κ2) is 12.7. The van der Waals surface area contributed by atoms with Crippen LogP contribution in [-0.4, -0.2) is 116 Å². The van der Waals surface area contributed by atoms with Crippen molar-refractivity contribution in [2.75, 3.05) is 46.9 Å². The van der Waals surface area contributed by atoms with Crippen LogP contribution in [0.25, 0.3) is 0 Å². The number of rotatable bonds is 6. The Kier molecular flexibility index (Phi) is 9.70. The van der Waals surface area contributed by atoms with Crippen LogP contribution >= 0.6 is 35.0 Å². The van der Waals surface area contributed by atoms with Gasteiger partial charge in [-0.1, -0.05) is 0 Å². The molecule has 0 aromatic rings. The van der Waals surface area contributed by atoms with Crippen LogP contribution in [0, 0.1) is 17.8 Å². The number of nitrogens with zero attached hydrogens (tertiary/aromatic N) is 1. The molecule has 5 saturated heterocycles. The summed E-state index contributed by atoms with van der Waals surface area (Å²) >= 11 is 14.6. The SMILES string of the molecule is COC1CNC(Cl)CC1C1CC(C)NCC1C(=O)NC1NC2CN(C(=O)C3NCCC(Cl)C3OC)CC2S1. The molecular formula is C25H42Cl2N6O4S. The van der Waals surface area contributed by atoms with Gasteiger partial charge in [0.25, 0.3) is 0 Å². The topological polar surface area (TPSA) is 116 Å². The number of hydrogen-bond donors (Lipinski definition) is 5. The van der Waals surface area contributed by atoms with Crippen molar-refractivity contribution in [3.63, 3.8) is 0 Å². The van der Waals surface area contributed by atoms with Gasteiger partial charge in [0, 0.05) is 57.7 Å². The number of piperidine rings is 3. The number of alkyl halides is 2. The Morgan fingerprint density at radius 3 is 2.58 bits per heavy atom. The quantitative estimate of drug-likeness (QED) is 0.216. The van der Waals surface area contributed by atoms with E-state index in [1.165, 1.54) is 0 Å². The largest absolute Gasteiger partial charge is 0.380 e. The maximum atomic E-state index is 13.6. The van der Waals surface area contributed by atoms with Gasteiger partial charge in [-0.15, -0.1) is 35.0 Å². The second-order valence-corrected chi connectivity index (χ2v) is 13.8. The van der Waals surface area contributed by atoms with E-state index in [2.05, 4.69) is 33.5 Å². The van der Waals surface area contributed by atoms with Crippen molar-refractivity contribution >= 4 is 46.8 Å². The highest BCUT2D eigenvalue weighted by Crippen LogP contribution is 2.38. The first-order valence-corrected chi connectivity index (χ1v) is 15.6. The Morgan fingerprint density at radius 1 is 1.03 bits per heavy atom. The molecule has 0 radical (unpaired) electrons. The third-order valence-corrected chi connectivity index (χ3v) is 11.2. The summed E-state index contributed by atoms with van der Waals surface area (Å²) < 4.78 is 11.4. The highest BCUT2D eigenvalue weighted by atomic mass is 35.5. The van der Waals surface area contributed by atoms with Crippen LogP contribution in [0.4, 0.5) is 0 Å². The van der Waals surface area contributed by atoms with Crippen molar-refractivity contribution in [2.45, 2.75) is 78.1 Å². The fourth-order valence-electron chi connectivity index (χ4n) is 7.02. The third kappa shape index (κ3) is 6.11. The lowest BCUT2D eigenvalue weighted by atomic mass is 9.70. The normalized spacial score (nSPS) is 45.6. The maximum Gasteiger partial charge on any atom is 0.242 e. The van der Waals surface area contributed by atoms with Gasteiger partial charge < -0.3 is 30.3 Å². The smallest absolute Gasteiger partial charge is 0.242 e. The van der Waals surface area contributed by atoms with Crippen LogP contribution in [0.1, 0.15) is 26.2 Å². The Balaban J connectivity index is 1.17. The fraction of sp³-hybridized carbons (Fsp3) is 0.920. The molecule has 0 aromatic heterocycles. The maximum absolute atomic E-state index is 13.6. The number of carbonyl (C=O) groups is 2. The van der Waals surface area contributed by atoms with Crippen LogP contribution in [0.3, 0.4) is 0 Å². The molecule has 5 heterocycles. The average Bonchev–Trinajstić information content (AvgIpc) is 3.46. The van der Waals surface area contributed by atoms with E-state index in [9.17, 15) is 9.59 Å². The zero-order valence-corrected chi connectivity index (χ0v) is 24.7. The van der Waals surface area contributed by atoms with Crippen molar-refractivity contribution in [2.24, 2.45) is 17.8 Å². The Morgan fingerprint density at radius 2 is 1.84 bits per heavy atom. The van der Waals surface area contributed by atoms with Gasteiger partial charge in [0.1, 0.15) is 11.5 Å². The molecule has 0 saturated carbocycles. The van der Waals surface area contributed by atoms with Gasteiger partial charge in [-0.2, -0.15) is 0 Å². The van der Waals surface area contributed by atoms with Crippen molar-refractivity contribution in [1.29, 1.82) is 0 Å². The van der Waals surface area contributed by atoms with Crippen LogP contribution in [-0.2, 0) is 19.1 Å². The van der Waals surface area contributed by atoms with E-state index in [-0.39, 0.29) is 69.4 Å². The molecule has 10 nitrogen and oxygen atoms in total. The summed E-state index contributed by atoms with van der Waals surface area (Å²) in [5.74, 6) is 0.375. The first-order valence-electron chi connectivity index (χ1n) is 13.8. The first-order chi connectivity index (χ1) is 18.3. The average molecular weight is 594 g/mol. The minimum absolute atomic E-state index is 0.0390. The summed E-state index contributed by atoms with van der Waals surface area (Å²) in [6, 6.07) is 0.0509. The number of ether oxygens (including phenoxy) is 2. The molecule has 0 aromatic carbocycles. The molecule has 5 aliphatic heterocycles. The van der Waals surface area contributed by atoms with Crippen LogP contribution in [0.5, 0.6) is 0 Å². The van der Waals surface area contributed by atoms with Gasteiger partial charge in [-0.3, -0.25) is 20.2 Å². The summed E-state index contributed by atoms with van der Waals surface area (Å²) in [5.41, 5.74) is -0.274. The highest BCUT2D eigenvalue weighted by molar-refractivity contribution is 8.00. The molecule has 2 amide bonds. The van der Waals surface area contributed by atoms with Crippen molar-refractivity contribution < 1.29 is 19.1 Å². The van der Waals surface area contributed by atoms with E-state index in [0.717, 1.165) is 19.3 Å². The van der Waals surface area contributed by atoms with E-state index in [1.807, 2.05) is 4.90 Å². The Bertz CT molecular complexity index is 849. The van der Waals surface area contributed by atoms with Crippen molar-refractivity contribution in [3.8, 4) is 0 Å². The minimum atomic E-state index is -0.424. The lowest BCUT2D eigenvalue weighted by Gasteiger charge is -2.45. The van der Waals surface area contributed by atoms with Gasteiger partial charge >= 0.3 is 0 Å². The number of hydrogen-bond acceptors (Lipinski definition) is 9. The van der Waals surface area contributed by atoms with Gasteiger partial charge in [0.2, 0.25) is 11.8 Å². The molecule has 5 N–H and O–H groups in total. The summed E-state index contributed by atoms with van der Waals surface area (Å²) in [6.45, 7) is 5.48. The zero-order chi connectivity index (χ0) is 27.0. The third-order valence-electron chi connectivity index (χ3n) is 9.05. The van der Waals surface area contributed by atoms with Gasteiger partial charge in [-0.25, -0.2) is 0 Å². The van der Waals surface area contributed by atoms with Crippen LogP contribution in [0.15, 0.2) is 0 Å². The molecule has 12 atom stereocenters. The van der Waals surface area contributed by atoms with E-state index in [0.29, 0.717) is 38.8 Å². The summed E-state index contributed by atoms with van der Waals surface area (Å²) in [7, 11) is 3.35. The molecule has 0 bridgehead atoms. The molecular weight excluding hydrogens is 551 g/mol. The summed E-state index contributed by atoms with van der Waals surface area (Å²) in [4.78, 5) is 28.8. The summed E-state index contributed by atoms with van der Waals surface area (Å²) in [6.07, 6.45) is 2.19. The monoisotopic (exact) mass is 592 g/mol. The van der Waals surface area contributed by atoms with Crippen molar-refractivity contribution in [3.05, 3.63) is 0 Å². The van der Waals surface area contributed by atoms with Gasteiger partial charge in [0.05, 0.1) is 29.0 Å². The number of thioether (sulfide) groups is 1. The molecule has 5 fully saturated rings. The molecule has 5 aliphatic rings. The predicted octanol–water partition coefficient (Wildman–Crippen LogP) is 0.0899. The van der Waals surface area contributed by atoms with E-state index >= 15 is 0 Å². The number of halogens is 2. The zero-order valence-electron chi connectivity index (χ0n) is 22.3. The fourth-order valence-corrected chi connectivity index (χ4v) is 9.08. The molecule has 0 spiro atoms. The molecule has 0 aliphatic carbocycles. The molecule has 216 valence electrons. The lowest BCUT2D eigenvalue weighted by molar-refractivity contribution is -0.137. The minimum Gasteiger partial charge on any atom is -0.380 e. The van der Waals surface area contributed by atoms with Crippen LogP contribution < -0.4 is 26.6 Å². The molecule has 12 unspecified atom stereocenters. The Labute approximate surface area is 239 Å². The van der Waals surface area contributed by atoms with E-state index in [4.69, 9.17) is 32.7 Å². The number of likely N-dealkylation sites (tertiary alicyclic amines) is 1. The van der Waals surface area contributed by atoms with Crippen LogP contribution in [0.2, 0.25) is 0 Å². The number of amides is 2. The number of carbonyl (C=O) groups excluding carboxylic acids is 2. The predicted molar refractivity (Wildman–Crippen MR) is 149 cm³/mol. The number of fused-ring (bicyclic) bond motifs is 1. The molecule has 38 heavy (non-hydrogen) atoms. The second-order valence-electron chi connectivity index (χ2n) is 11.4. The van der Waals surface area contributed by atoms with E-state index < -0.39 is 6.04 Å². The van der Waals surface area contributed by atoms with E-state index in [1.54, 1.807) is 26.0 Å².